The summed E-state index contributed by atoms with van der Waals surface area (Å²) in [7, 11) is 0. The highest BCUT2D eigenvalue weighted by Crippen LogP contribution is 2.49. The Kier molecular flexibility index (Phi) is 8.45. The van der Waals surface area contributed by atoms with Crippen LogP contribution in [-0.2, 0) is 27.1 Å². The fraction of sp³-hybridized carbons (Fsp3) is 0.567. The fourth-order valence-corrected chi connectivity index (χ4v) is 5.64. The molecule has 37 heavy (non-hydrogen) atoms. The highest BCUT2D eigenvalue weighted by atomic mass is 16.5. The molecular weight excluding hydrogens is 468 g/mol. The van der Waals surface area contributed by atoms with Crippen molar-refractivity contribution in [2.45, 2.75) is 81.8 Å². The van der Waals surface area contributed by atoms with E-state index < -0.39 is 12.1 Å². The number of hydrogen-bond acceptors (Lipinski definition) is 6. The van der Waals surface area contributed by atoms with Crippen molar-refractivity contribution in [2.75, 3.05) is 26.4 Å². The Morgan fingerprint density at radius 3 is 2.73 bits per heavy atom. The van der Waals surface area contributed by atoms with Crippen LogP contribution in [0.25, 0.3) is 0 Å². The Morgan fingerprint density at radius 1 is 1.19 bits per heavy atom. The van der Waals surface area contributed by atoms with E-state index in [1.54, 1.807) is 0 Å². The van der Waals surface area contributed by atoms with Gasteiger partial charge in [0, 0.05) is 31.2 Å². The number of benzene rings is 2. The monoisotopic (exact) mass is 508 g/mol. The summed E-state index contributed by atoms with van der Waals surface area (Å²) in [6.07, 6.45) is 5.74. The molecule has 0 unspecified atom stereocenters. The molecule has 1 spiro atoms. The molecule has 7 heteroatoms. The van der Waals surface area contributed by atoms with E-state index in [4.69, 9.17) is 14.2 Å². The molecule has 1 saturated carbocycles. The molecule has 3 N–H and O–H groups in total. The SMILES string of the molecule is CCc1ccc2c(c1)[C@@H](NC[C@@H](O)[C@H](Cc1ccccc1)NC(=O)CO[C@H]1CCOC1)CC1(CCC1)O2. The van der Waals surface area contributed by atoms with Gasteiger partial charge in [-0.25, -0.2) is 0 Å². The van der Waals surface area contributed by atoms with E-state index in [2.05, 4.69) is 35.8 Å². The predicted octanol–water partition coefficient (Wildman–Crippen LogP) is 3.48. The number of carbonyl (C=O) groups excluding carboxylic acids is 1. The van der Waals surface area contributed by atoms with Crippen molar-refractivity contribution in [1.82, 2.24) is 10.6 Å². The van der Waals surface area contributed by atoms with Crippen LogP contribution >= 0.6 is 0 Å². The Bertz CT molecular complexity index is 1040. The normalized spacial score (nSPS) is 23.5. The summed E-state index contributed by atoms with van der Waals surface area (Å²) in [5, 5.41) is 18.0. The molecule has 0 aromatic heterocycles. The van der Waals surface area contributed by atoms with E-state index in [9.17, 15) is 9.90 Å². The number of aliphatic hydroxyl groups excluding tert-OH is 1. The highest BCUT2D eigenvalue weighted by Gasteiger charge is 2.45. The topological polar surface area (TPSA) is 89.1 Å². The second-order valence-corrected chi connectivity index (χ2v) is 10.8. The molecule has 5 rings (SSSR count). The first-order chi connectivity index (χ1) is 18.0. The standard InChI is InChI=1S/C30H40N2O5/c1-2-21-9-10-28-24(15-21)26(17-30(37-28)12-6-13-30)31-18-27(33)25(16-22-7-4-3-5-8-22)32-29(34)20-36-23-11-14-35-19-23/h3-5,7-10,15,23,25-27,31,33H,2,6,11-14,16-20H2,1H3,(H,32,34)/t23-,25-,26-,27+/m0/s1. The number of ether oxygens (including phenoxy) is 3. The minimum Gasteiger partial charge on any atom is -0.487 e. The number of amides is 1. The Hall–Kier alpha value is -2.45. The van der Waals surface area contributed by atoms with Crippen LogP contribution in [0.1, 0.15) is 61.8 Å². The number of nitrogens with one attached hydrogen (secondary N) is 2. The van der Waals surface area contributed by atoms with Crippen LogP contribution in [0.5, 0.6) is 5.75 Å². The van der Waals surface area contributed by atoms with E-state index in [1.807, 2.05) is 30.3 Å². The van der Waals surface area contributed by atoms with Crippen LogP contribution in [0.3, 0.4) is 0 Å². The molecule has 2 heterocycles. The minimum atomic E-state index is -0.767. The van der Waals surface area contributed by atoms with Crippen molar-refractivity contribution < 1.29 is 24.1 Å². The van der Waals surface area contributed by atoms with Gasteiger partial charge in [-0.05, 0) is 55.7 Å². The summed E-state index contributed by atoms with van der Waals surface area (Å²) in [5.41, 5.74) is 3.41. The second-order valence-electron chi connectivity index (χ2n) is 10.8. The Labute approximate surface area is 219 Å². The molecule has 7 nitrogen and oxygen atoms in total. The maximum absolute atomic E-state index is 12.8. The average molecular weight is 509 g/mol. The summed E-state index contributed by atoms with van der Waals surface area (Å²) in [6, 6.07) is 16.1. The molecule has 1 saturated heterocycles. The van der Waals surface area contributed by atoms with Crippen LogP contribution in [0.2, 0.25) is 0 Å². The van der Waals surface area contributed by atoms with Crippen LogP contribution in [-0.4, -0.2) is 61.2 Å². The molecule has 200 valence electrons. The lowest BCUT2D eigenvalue weighted by molar-refractivity contribution is -0.129. The number of rotatable bonds is 11. The van der Waals surface area contributed by atoms with Crippen molar-refractivity contribution in [1.29, 1.82) is 0 Å². The van der Waals surface area contributed by atoms with Crippen molar-refractivity contribution in [3.8, 4) is 5.75 Å². The summed E-state index contributed by atoms with van der Waals surface area (Å²) >= 11 is 0. The maximum atomic E-state index is 12.8. The number of fused-ring (bicyclic) bond motifs is 1. The first kappa shape index (κ1) is 26.2. The van der Waals surface area contributed by atoms with E-state index in [0.717, 1.165) is 43.4 Å². The minimum absolute atomic E-state index is 0.0326. The van der Waals surface area contributed by atoms with E-state index in [0.29, 0.717) is 26.2 Å². The summed E-state index contributed by atoms with van der Waals surface area (Å²) < 4.78 is 17.5. The molecule has 0 bridgehead atoms. The third-order valence-corrected chi connectivity index (χ3v) is 8.05. The van der Waals surface area contributed by atoms with Crippen molar-refractivity contribution in [3.05, 3.63) is 65.2 Å². The average Bonchev–Trinajstić information content (AvgIpc) is 3.43. The number of carbonyl (C=O) groups is 1. The maximum Gasteiger partial charge on any atom is 0.246 e. The first-order valence-corrected chi connectivity index (χ1v) is 13.8. The zero-order valence-electron chi connectivity index (χ0n) is 21.8. The van der Waals surface area contributed by atoms with Crippen molar-refractivity contribution in [2.24, 2.45) is 0 Å². The highest BCUT2D eigenvalue weighted by molar-refractivity contribution is 5.77. The zero-order valence-corrected chi connectivity index (χ0v) is 21.8. The lowest BCUT2D eigenvalue weighted by Gasteiger charge is -2.48. The summed E-state index contributed by atoms with van der Waals surface area (Å²) in [5.74, 6) is 0.738. The van der Waals surface area contributed by atoms with E-state index >= 15 is 0 Å². The number of aryl methyl sites for hydroxylation is 1. The van der Waals surface area contributed by atoms with Gasteiger partial charge in [0.15, 0.2) is 0 Å². The Morgan fingerprint density at radius 2 is 2.03 bits per heavy atom. The Balaban J connectivity index is 1.25. The molecule has 2 aromatic rings. The van der Waals surface area contributed by atoms with Crippen LogP contribution in [0.4, 0.5) is 0 Å². The number of aliphatic hydroxyl groups is 1. The van der Waals surface area contributed by atoms with Gasteiger partial charge in [-0.2, -0.15) is 0 Å². The largest absolute Gasteiger partial charge is 0.487 e. The molecule has 4 atom stereocenters. The smallest absolute Gasteiger partial charge is 0.246 e. The van der Waals surface area contributed by atoms with Gasteiger partial charge in [0.2, 0.25) is 5.91 Å². The van der Waals surface area contributed by atoms with Gasteiger partial charge in [0.25, 0.3) is 0 Å². The number of hydrogen-bond donors (Lipinski definition) is 3. The van der Waals surface area contributed by atoms with Gasteiger partial charge in [0.05, 0.1) is 24.9 Å². The summed E-state index contributed by atoms with van der Waals surface area (Å²) in [4.78, 5) is 12.8. The van der Waals surface area contributed by atoms with Gasteiger partial charge >= 0.3 is 0 Å². The predicted molar refractivity (Wildman–Crippen MR) is 142 cm³/mol. The van der Waals surface area contributed by atoms with Crippen LogP contribution < -0.4 is 15.4 Å². The molecule has 3 aliphatic rings. The second kappa shape index (κ2) is 11.9. The molecule has 1 aliphatic carbocycles. The summed E-state index contributed by atoms with van der Waals surface area (Å²) in [6.45, 7) is 3.69. The quantitative estimate of drug-likeness (QED) is 0.431. The van der Waals surface area contributed by atoms with Crippen LogP contribution in [0, 0.1) is 0 Å². The van der Waals surface area contributed by atoms with Crippen LogP contribution in [0.15, 0.2) is 48.5 Å². The zero-order chi connectivity index (χ0) is 25.7. The van der Waals surface area contributed by atoms with Gasteiger partial charge in [-0.1, -0.05) is 49.4 Å². The van der Waals surface area contributed by atoms with Gasteiger partial charge in [-0.15, -0.1) is 0 Å². The van der Waals surface area contributed by atoms with Crippen molar-refractivity contribution in [3.63, 3.8) is 0 Å². The van der Waals surface area contributed by atoms with E-state index in [1.165, 1.54) is 17.5 Å². The fourth-order valence-electron chi connectivity index (χ4n) is 5.64. The van der Waals surface area contributed by atoms with Crippen molar-refractivity contribution >= 4 is 5.91 Å². The molecule has 2 fully saturated rings. The first-order valence-electron chi connectivity index (χ1n) is 13.8. The molecular formula is C30H40N2O5. The van der Waals surface area contributed by atoms with Gasteiger partial charge in [-0.3, -0.25) is 4.79 Å². The van der Waals surface area contributed by atoms with Gasteiger partial charge < -0.3 is 30.0 Å². The lowest BCUT2D eigenvalue weighted by Crippen LogP contribution is -2.52. The molecule has 2 aromatic carbocycles. The van der Waals surface area contributed by atoms with Gasteiger partial charge in [0.1, 0.15) is 18.0 Å². The lowest BCUT2D eigenvalue weighted by atomic mass is 9.72. The molecule has 2 aliphatic heterocycles. The molecule has 0 radical (unpaired) electrons. The third kappa shape index (κ3) is 6.52. The third-order valence-electron chi connectivity index (χ3n) is 8.05. The molecule has 1 amide bonds. The van der Waals surface area contributed by atoms with E-state index in [-0.39, 0.29) is 30.3 Å².